The number of nitrogens with zero attached hydrogens (tertiary/aromatic N) is 1. The first-order valence-electron chi connectivity index (χ1n) is 23.2. The van der Waals surface area contributed by atoms with Gasteiger partial charge in [-0.3, -0.25) is 14.4 Å². The monoisotopic (exact) mass is 888 g/mol. The number of hydrogen-bond donors (Lipinski definition) is 7. The maximum atomic E-state index is 14.4. The molecule has 1 fully saturated rings. The molecule has 1 aliphatic carbocycles. The number of nitrogens with one attached hydrogen (secondary N) is 6. The molecule has 0 radical (unpaired) electrons. The second-order valence-electron chi connectivity index (χ2n) is 18.5. The maximum Gasteiger partial charge on any atom is 0.408 e. The molecular weight excluding hydrogens is 815 g/mol. The Morgan fingerprint density at radius 3 is 2.00 bits per heavy atom. The van der Waals surface area contributed by atoms with Crippen molar-refractivity contribution in [2.75, 3.05) is 13.1 Å². The second kappa shape index (κ2) is 27.0. The van der Waals surface area contributed by atoms with Gasteiger partial charge >= 0.3 is 12.2 Å². The number of rotatable bonds is 25. The molecule has 4 rings (SSSR count). The highest BCUT2D eigenvalue weighted by Gasteiger charge is 2.34. The Morgan fingerprint density at radius 1 is 0.750 bits per heavy atom. The SMILES string of the molecule is CC(C)C[C@H](C[C@H](O)[C@H](CC1CCCCC1)NC(=O)C(Cc1c[nH]cn1)NC(=O)C(Cc1ccccc1)NC(=O)OC(C)(C)C)C(=O)NCCCCCNC(=O)OCc1ccccc1. The Morgan fingerprint density at radius 2 is 1.38 bits per heavy atom. The van der Waals surface area contributed by atoms with E-state index in [4.69, 9.17) is 9.47 Å². The highest BCUT2D eigenvalue weighted by molar-refractivity contribution is 5.91. The molecule has 15 heteroatoms. The lowest BCUT2D eigenvalue weighted by Crippen LogP contribution is -2.58. The minimum absolute atomic E-state index is 0.0462. The molecule has 1 aromatic heterocycles. The zero-order valence-electron chi connectivity index (χ0n) is 38.5. The van der Waals surface area contributed by atoms with Crippen molar-refractivity contribution < 1.29 is 38.6 Å². The van der Waals surface area contributed by atoms with Gasteiger partial charge in [0.05, 0.1) is 24.2 Å². The Labute approximate surface area is 379 Å². The highest BCUT2D eigenvalue weighted by atomic mass is 16.6. The molecule has 7 N–H and O–H groups in total. The van der Waals surface area contributed by atoms with Crippen molar-refractivity contribution in [2.45, 2.75) is 155 Å². The molecule has 0 saturated heterocycles. The van der Waals surface area contributed by atoms with Crippen molar-refractivity contribution in [3.63, 3.8) is 0 Å². The van der Waals surface area contributed by atoms with Gasteiger partial charge in [-0.15, -0.1) is 0 Å². The van der Waals surface area contributed by atoms with Crippen molar-refractivity contribution in [2.24, 2.45) is 17.8 Å². The molecule has 1 saturated carbocycles. The summed E-state index contributed by atoms with van der Waals surface area (Å²) in [7, 11) is 0. The minimum atomic E-state index is -1.11. The minimum Gasteiger partial charge on any atom is -0.445 e. The lowest BCUT2D eigenvalue weighted by molar-refractivity contribution is -0.131. The number of aromatic nitrogens is 2. The molecule has 2 unspecified atom stereocenters. The average molecular weight is 888 g/mol. The Balaban J connectivity index is 1.40. The Bertz CT molecular complexity index is 1830. The number of carbonyl (C=O) groups is 5. The van der Waals surface area contributed by atoms with Crippen LogP contribution in [0.4, 0.5) is 9.59 Å². The van der Waals surface area contributed by atoms with Crippen molar-refractivity contribution >= 4 is 29.9 Å². The highest BCUT2D eigenvalue weighted by Crippen LogP contribution is 2.30. The van der Waals surface area contributed by atoms with Gasteiger partial charge < -0.3 is 46.1 Å². The van der Waals surface area contributed by atoms with Crippen LogP contribution in [0, 0.1) is 17.8 Å². The molecule has 5 amide bonds. The van der Waals surface area contributed by atoms with Crippen LogP contribution in [0.1, 0.15) is 122 Å². The van der Waals surface area contributed by atoms with E-state index in [-0.39, 0.29) is 43.6 Å². The van der Waals surface area contributed by atoms with Crippen LogP contribution in [0.15, 0.2) is 73.2 Å². The number of alkyl carbamates (subject to hydrolysis) is 2. The fourth-order valence-electron chi connectivity index (χ4n) is 8.06. The summed E-state index contributed by atoms with van der Waals surface area (Å²) in [5.41, 5.74) is 1.45. The number of ether oxygens (including phenoxy) is 2. The van der Waals surface area contributed by atoms with E-state index in [2.05, 4.69) is 36.6 Å². The fraction of sp³-hybridized carbons (Fsp3) is 0.592. The van der Waals surface area contributed by atoms with Crippen molar-refractivity contribution in [1.29, 1.82) is 0 Å². The lowest BCUT2D eigenvalue weighted by Gasteiger charge is -2.33. The first-order chi connectivity index (χ1) is 30.6. The van der Waals surface area contributed by atoms with E-state index >= 15 is 0 Å². The second-order valence-corrected chi connectivity index (χ2v) is 18.5. The average Bonchev–Trinajstić information content (AvgIpc) is 3.78. The predicted octanol–water partition coefficient (Wildman–Crippen LogP) is 6.65. The van der Waals surface area contributed by atoms with E-state index in [1.165, 1.54) is 6.33 Å². The van der Waals surface area contributed by atoms with E-state index in [1.54, 1.807) is 27.0 Å². The molecule has 64 heavy (non-hydrogen) atoms. The standard InChI is InChI=1S/C49H73N7O8/c1-34(2)26-38(44(58)51-24-16-9-17-25-52-47(61)63-32-37-22-14-8-15-23-37)29-43(57)40(27-35-18-10-6-11-19-35)54-46(60)42(30-39-31-50-33-53-39)55-45(59)41(28-36-20-12-7-13-21-36)56-48(62)64-49(3,4)5/h7-8,12-15,20-23,31,33-35,38,40-43,57H,6,9-11,16-19,24-30,32H2,1-5H3,(H,50,53)(H,51,58)(H,52,61)(H,54,60)(H,55,59)(H,56,62)/t38-,40+,41?,42?,43+/m1/s1. The lowest BCUT2D eigenvalue weighted by atomic mass is 9.81. The number of hydrogen-bond acceptors (Lipinski definition) is 9. The summed E-state index contributed by atoms with van der Waals surface area (Å²) < 4.78 is 10.8. The van der Waals surface area contributed by atoms with Crippen LogP contribution in [-0.2, 0) is 43.3 Å². The molecule has 0 spiro atoms. The maximum absolute atomic E-state index is 14.4. The molecule has 15 nitrogen and oxygen atoms in total. The summed E-state index contributed by atoms with van der Waals surface area (Å²) in [6.45, 7) is 10.4. The van der Waals surface area contributed by atoms with E-state index < -0.39 is 59.7 Å². The number of aliphatic hydroxyl groups excluding tert-OH is 1. The molecule has 3 aromatic rings. The summed E-state index contributed by atoms with van der Waals surface area (Å²) in [4.78, 5) is 74.5. The molecule has 1 heterocycles. The van der Waals surface area contributed by atoms with Gasteiger partial charge in [0.15, 0.2) is 0 Å². The summed E-state index contributed by atoms with van der Waals surface area (Å²) in [6, 6.07) is 15.9. The van der Waals surface area contributed by atoms with Crippen LogP contribution in [0.2, 0.25) is 0 Å². The van der Waals surface area contributed by atoms with Crippen molar-refractivity contribution in [3.05, 3.63) is 90.0 Å². The summed E-state index contributed by atoms with van der Waals surface area (Å²) in [6.07, 6.45) is 9.73. The quantitative estimate of drug-likeness (QED) is 0.0453. The van der Waals surface area contributed by atoms with Gasteiger partial charge in [-0.1, -0.05) is 107 Å². The Hall–Kier alpha value is -5.44. The topological polar surface area (TPSA) is 213 Å². The number of imidazole rings is 1. The molecule has 0 aliphatic heterocycles. The van der Waals surface area contributed by atoms with E-state index in [9.17, 15) is 29.1 Å². The first kappa shape index (κ1) is 51.2. The van der Waals surface area contributed by atoms with Crippen LogP contribution in [0.5, 0.6) is 0 Å². The number of unbranched alkanes of at least 4 members (excludes halogenated alkanes) is 2. The van der Waals surface area contributed by atoms with Gasteiger partial charge in [0, 0.05) is 38.0 Å². The van der Waals surface area contributed by atoms with Crippen LogP contribution < -0.4 is 26.6 Å². The van der Waals surface area contributed by atoms with E-state index in [1.807, 2.05) is 74.5 Å². The third-order valence-electron chi connectivity index (χ3n) is 11.3. The van der Waals surface area contributed by atoms with Gasteiger partial charge in [-0.2, -0.15) is 0 Å². The molecule has 5 atom stereocenters. The predicted molar refractivity (Wildman–Crippen MR) is 246 cm³/mol. The molecule has 1 aliphatic rings. The number of benzene rings is 2. The van der Waals surface area contributed by atoms with Gasteiger partial charge in [0.2, 0.25) is 17.7 Å². The van der Waals surface area contributed by atoms with Crippen LogP contribution in [0.3, 0.4) is 0 Å². The van der Waals surface area contributed by atoms with Gasteiger partial charge in [-0.05, 0) is 82.3 Å². The normalized spacial score (nSPS) is 15.5. The number of aromatic amines is 1. The first-order valence-corrected chi connectivity index (χ1v) is 23.2. The van der Waals surface area contributed by atoms with Crippen LogP contribution >= 0.6 is 0 Å². The third kappa shape index (κ3) is 19.9. The number of aliphatic hydroxyl groups is 1. The summed E-state index contributed by atoms with van der Waals surface area (Å²) in [5.74, 6) is -1.29. The fourth-order valence-corrected chi connectivity index (χ4v) is 8.06. The molecule has 352 valence electrons. The van der Waals surface area contributed by atoms with Gasteiger partial charge in [0.1, 0.15) is 24.3 Å². The smallest absolute Gasteiger partial charge is 0.408 e. The van der Waals surface area contributed by atoms with Gasteiger partial charge in [-0.25, -0.2) is 14.6 Å². The zero-order valence-corrected chi connectivity index (χ0v) is 38.5. The summed E-state index contributed by atoms with van der Waals surface area (Å²) in [5, 5.41) is 26.5. The zero-order chi connectivity index (χ0) is 46.3. The Kier molecular flexibility index (Phi) is 21.6. The van der Waals surface area contributed by atoms with Gasteiger partial charge in [0.25, 0.3) is 0 Å². The number of amides is 5. The van der Waals surface area contributed by atoms with Crippen LogP contribution in [0.25, 0.3) is 0 Å². The number of H-pyrrole nitrogens is 1. The van der Waals surface area contributed by atoms with Crippen LogP contribution in [-0.4, -0.2) is 87.9 Å². The van der Waals surface area contributed by atoms with E-state index in [0.29, 0.717) is 38.0 Å². The van der Waals surface area contributed by atoms with Crippen molar-refractivity contribution in [1.82, 2.24) is 36.6 Å². The molecular formula is C49H73N7O8. The largest absolute Gasteiger partial charge is 0.445 e. The number of carbonyl (C=O) groups excluding carboxylic acids is 5. The molecule has 2 aromatic carbocycles. The summed E-state index contributed by atoms with van der Waals surface area (Å²) >= 11 is 0. The molecule has 0 bridgehead atoms. The van der Waals surface area contributed by atoms with Crippen molar-refractivity contribution in [3.8, 4) is 0 Å². The third-order valence-corrected chi connectivity index (χ3v) is 11.3. The van der Waals surface area contributed by atoms with E-state index in [0.717, 1.165) is 56.1 Å².